The molecule has 110 valence electrons. The number of hydrogen-bond acceptors (Lipinski definition) is 5. The SMILES string of the molecule is NNc1nc2c(cc1Br)COCc1cccc(F)c1CN2. The second-order valence-electron chi connectivity index (χ2n) is 4.69. The van der Waals surface area contributed by atoms with Crippen LogP contribution in [0.5, 0.6) is 0 Å². The third kappa shape index (κ3) is 2.85. The molecule has 1 aliphatic heterocycles. The Balaban J connectivity index is 1.99. The number of rotatable bonds is 1. The average Bonchev–Trinajstić information content (AvgIpc) is 2.55. The predicted molar refractivity (Wildman–Crippen MR) is 82.0 cm³/mol. The standard InChI is InChI=1S/C14H14BrFN4O/c15-11-4-9-7-21-6-8-2-1-3-12(16)10(8)5-18-13(9)19-14(11)20-17/h1-4H,5-7,17H2,(H2,18,19,20). The molecule has 7 heteroatoms. The third-order valence-electron chi connectivity index (χ3n) is 3.36. The third-order valence-corrected chi connectivity index (χ3v) is 3.96. The Bertz CT molecular complexity index is 680. The maximum atomic E-state index is 13.9. The van der Waals surface area contributed by atoms with Crippen LogP contribution in [-0.2, 0) is 24.5 Å². The van der Waals surface area contributed by atoms with Crippen molar-refractivity contribution in [1.82, 2.24) is 4.98 Å². The molecular weight excluding hydrogens is 339 g/mol. The molecule has 2 heterocycles. The molecule has 0 saturated heterocycles. The Hall–Kier alpha value is -1.70. The number of aromatic nitrogens is 1. The van der Waals surface area contributed by atoms with E-state index in [1.807, 2.05) is 12.1 Å². The lowest BCUT2D eigenvalue weighted by Crippen LogP contribution is -2.12. The Labute approximate surface area is 129 Å². The van der Waals surface area contributed by atoms with E-state index in [9.17, 15) is 4.39 Å². The summed E-state index contributed by atoms with van der Waals surface area (Å²) in [5.41, 5.74) is 4.83. The van der Waals surface area contributed by atoms with Crippen LogP contribution in [-0.4, -0.2) is 4.98 Å². The van der Waals surface area contributed by atoms with Crippen molar-refractivity contribution in [2.45, 2.75) is 19.8 Å². The van der Waals surface area contributed by atoms with Crippen LogP contribution in [0, 0.1) is 5.82 Å². The number of halogens is 2. The van der Waals surface area contributed by atoms with Gasteiger partial charge in [-0.25, -0.2) is 15.2 Å². The van der Waals surface area contributed by atoms with Crippen molar-refractivity contribution in [2.24, 2.45) is 5.84 Å². The highest BCUT2D eigenvalue weighted by Crippen LogP contribution is 2.28. The predicted octanol–water partition coefficient (Wildman–Crippen LogP) is 2.91. The van der Waals surface area contributed by atoms with E-state index in [4.69, 9.17) is 10.6 Å². The molecule has 21 heavy (non-hydrogen) atoms. The van der Waals surface area contributed by atoms with E-state index < -0.39 is 0 Å². The second-order valence-corrected chi connectivity index (χ2v) is 5.55. The lowest BCUT2D eigenvalue weighted by molar-refractivity contribution is 0.107. The van der Waals surface area contributed by atoms with Crippen molar-refractivity contribution in [3.05, 3.63) is 51.2 Å². The van der Waals surface area contributed by atoms with Gasteiger partial charge >= 0.3 is 0 Å². The number of ether oxygens (including phenoxy) is 1. The van der Waals surface area contributed by atoms with Gasteiger partial charge in [-0.2, -0.15) is 0 Å². The molecule has 0 bridgehead atoms. The first-order valence-electron chi connectivity index (χ1n) is 6.43. The molecule has 0 atom stereocenters. The fourth-order valence-corrected chi connectivity index (χ4v) is 2.75. The zero-order chi connectivity index (χ0) is 14.8. The van der Waals surface area contributed by atoms with Crippen molar-refractivity contribution in [1.29, 1.82) is 0 Å². The van der Waals surface area contributed by atoms with Crippen molar-refractivity contribution in [3.8, 4) is 0 Å². The molecule has 5 nitrogen and oxygen atoms in total. The normalized spacial score (nSPS) is 14.0. The zero-order valence-corrected chi connectivity index (χ0v) is 12.7. The Morgan fingerprint density at radius 2 is 2.14 bits per heavy atom. The fourth-order valence-electron chi connectivity index (χ4n) is 2.27. The van der Waals surface area contributed by atoms with Gasteiger partial charge < -0.3 is 15.5 Å². The topological polar surface area (TPSA) is 72.2 Å². The molecule has 1 aromatic heterocycles. The Kier molecular flexibility index (Phi) is 4.05. The summed E-state index contributed by atoms with van der Waals surface area (Å²) < 4.78 is 20.4. The first-order valence-corrected chi connectivity index (χ1v) is 7.22. The summed E-state index contributed by atoms with van der Waals surface area (Å²) in [4.78, 5) is 4.38. The Morgan fingerprint density at radius 3 is 2.95 bits per heavy atom. The molecule has 0 fully saturated rings. The first-order chi connectivity index (χ1) is 10.2. The number of fused-ring (bicyclic) bond motifs is 2. The summed E-state index contributed by atoms with van der Waals surface area (Å²) in [7, 11) is 0. The number of nitrogens with two attached hydrogens (primary N) is 1. The van der Waals surface area contributed by atoms with Gasteiger partial charge in [-0.15, -0.1) is 0 Å². The highest BCUT2D eigenvalue weighted by Gasteiger charge is 2.15. The molecule has 0 aliphatic carbocycles. The van der Waals surface area contributed by atoms with Crippen LogP contribution in [0.15, 0.2) is 28.7 Å². The maximum absolute atomic E-state index is 13.9. The van der Waals surface area contributed by atoms with E-state index in [2.05, 4.69) is 31.7 Å². The number of pyridine rings is 1. The lowest BCUT2D eigenvalue weighted by Gasteiger charge is -2.13. The smallest absolute Gasteiger partial charge is 0.156 e. The highest BCUT2D eigenvalue weighted by molar-refractivity contribution is 9.10. The Morgan fingerprint density at radius 1 is 1.33 bits per heavy atom. The van der Waals surface area contributed by atoms with Crippen molar-refractivity contribution in [2.75, 3.05) is 10.7 Å². The average molecular weight is 353 g/mol. The fraction of sp³-hybridized carbons (Fsp3) is 0.214. The summed E-state index contributed by atoms with van der Waals surface area (Å²) in [6.45, 7) is 1.09. The van der Waals surface area contributed by atoms with Gasteiger partial charge in [-0.05, 0) is 33.6 Å². The van der Waals surface area contributed by atoms with Gasteiger partial charge in [0.1, 0.15) is 11.6 Å². The molecule has 0 spiro atoms. The molecule has 2 aromatic rings. The molecule has 1 aliphatic rings. The number of hydrogen-bond donors (Lipinski definition) is 3. The lowest BCUT2D eigenvalue weighted by atomic mass is 10.1. The van der Waals surface area contributed by atoms with Crippen LogP contribution < -0.4 is 16.6 Å². The van der Waals surface area contributed by atoms with Crippen LogP contribution >= 0.6 is 15.9 Å². The van der Waals surface area contributed by atoms with Crippen molar-refractivity contribution in [3.63, 3.8) is 0 Å². The van der Waals surface area contributed by atoms with Gasteiger partial charge in [-0.1, -0.05) is 12.1 Å². The quantitative estimate of drug-likeness (QED) is 0.543. The molecule has 0 saturated carbocycles. The number of nitrogens with one attached hydrogen (secondary N) is 2. The molecule has 3 rings (SSSR count). The van der Waals surface area contributed by atoms with Crippen molar-refractivity contribution < 1.29 is 9.13 Å². The van der Waals surface area contributed by atoms with E-state index in [1.165, 1.54) is 6.07 Å². The largest absolute Gasteiger partial charge is 0.372 e. The number of anilines is 2. The van der Waals surface area contributed by atoms with Crippen LogP contribution in [0.3, 0.4) is 0 Å². The number of benzene rings is 1. The summed E-state index contributed by atoms with van der Waals surface area (Å²) in [5.74, 6) is 6.31. The minimum absolute atomic E-state index is 0.249. The maximum Gasteiger partial charge on any atom is 0.156 e. The van der Waals surface area contributed by atoms with Gasteiger partial charge in [0.15, 0.2) is 5.82 Å². The van der Waals surface area contributed by atoms with E-state index in [-0.39, 0.29) is 5.82 Å². The van der Waals surface area contributed by atoms with E-state index in [0.29, 0.717) is 37.0 Å². The molecule has 0 unspecified atom stereocenters. The zero-order valence-electron chi connectivity index (χ0n) is 11.1. The van der Waals surface area contributed by atoms with Crippen LogP contribution in [0.1, 0.15) is 16.7 Å². The van der Waals surface area contributed by atoms with Gasteiger partial charge in [0.25, 0.3) is 0 Å². The second kappa shape index (κ2) is 5.97. The molecule has 1 aromatic carbocycles. The summed E-state index contributed by atoms with van der Waals surface area (Å²) in [6.07, 6.45) is 0. The minimum atomic E-state index is -0.249. The number of nitrogen functional groups attached to an aromatic ring is 1. The van der Waals surface area contributed by atoms with Crippen LogP contribution in [0.25, 0.3) is 0 Å². The van der Waals surface area contributed by atoms with Crippen LogP contribution in [0.4, 0.5) is 16.0 Å². The first kappa shape index (κ1) is 14.2. The number of hydrazine groups is 1. The summed E-state index contributed by atoms with van der Waals surface area (Å²) in [6, 6.07) is 6.89. The van der Waals surface area contributed by atoms with E-state index >= 15 is 0 Å². The molecule has 4 N–H and O–H groups in total. The van der Waals surface area contributed by atoms with Crippen LogP contribution in [0.2, 0.25) is 0 Å². The summed E-state index contributed by atoms with van der Waals surface area (Å²) >= 11 is 3.39. The van der Waals surface area contributed by atoms with E-state index in [1.54, 1.807) is 6.07 Å². The van der Waals surface area contributed by atoms with Gasteiger partial charge in [0, 0.05) is 17.7 Å². The molecular formula is C14H14BrFN4O. The van der Waals surface area contributed by atoms with Gasteiger partial charge in [0.05, 0.1) is 17.7 Å². The minimum Gasteiger partial charge on any atom is -0.372 e. The molecule has 0 amide bonds. The highest BCUT2D eigenvalue weighted by atomic mass is 79.9. The monoisotopic (exact) mass is 352 g/mol. The number of nitrogens with zero attached hydrogens (tertiary/aromatic N) is 1. The van der Waals surface area contributed by atoms with Gasteiger partial charge in [0.2, 0.25) is 0 Å². The molecule has 0 radical (unpaired) electrons. The van der Waals surface area contributed by atoms with Crippen molar-refractivity contribution >= 4 is 27.6 Å². The summed E-state index contributed by atoms with van der Waals surface area (Å²) in [5, 5.41) is 3.16. The van der Waals surface area contributed by atoms with Gasteiger partial charge in [-0.3, -0.25) is 0 Å². The van der Waals surface area contributed by atoms with E-state index in [0.717, 1.165) is 15.6 Å².